The first-order chi connectivity index (χ1) is 6.33. The van der Waals surface area contributed by atoms with E-state index in [1.807, 2.05) is 26.8 Å². The van der Waals surface area contributed by atoms with E-state index in [-0.39, 0.29) is 11.8 Å². The molecule has 0 aromatic carbocycles. The molecule has 1 N–H and O–H groups in total. The monoisotopic (exact) mass is 276 g/mol. The highest BCUT2D eigenvalue weighted by molar-refractivity contribution is 9.11. The second kappa shape index (κ2) is 4.03. The van der Waals surface area contributed by atoms with Crippen LogP contribution in [0.1, 0.15) is 30.7 Å². The molecule has 0 saturated carbocycles. The third kappa shape index (κ3) is 2.58. The van der Waals surface area contributed by atoms with Gasteiger partial charge in [-0.15, -0.1) is 11.3 Å². The summed E-state index contributed by atoms with van der Waals surface area (Å²) >= 11 is 5.06. The maximum Gasteiger partial charge on any atom is 0.304 e. The third-order valence-corrected chi connectivity index (χ3v) is 3.76. The van der Waals surface area contributed by atoms with Gasteiger partial charge in [-0.2, -0.15) is 0 Å². The first-order valence-electron chi connectivity index (χ1n) is 4.31. The van der Waals surface area contributed by atoms with Crippen LogP contribution in [0.25, 0.3) is 0 Å². The lowest BCUT2D eigenvalue weighted by atomic mass is 9.82. The van der Waals surface area contributed by atoms with Gasteiger partial charge in [-0.25, -0.2) is 0 Å². The molecule has 4 heteroatoms. The van der Waals surface area contributed by atoms with Crippen molar-refractivity contribution in [2.24, 2.45) is 0 Å². The largest absolute Gasteiger partial charge is 0.481 e. The van der Waals surface area contributed by atoms with Gasteiger partial charge in [-0.3, -0.25) is 4.79 Å². The molecule has 0 unspecified atom stereocenters. The average Bonchev–Trinajstić information content (AvgIpc) is 2.27. The van der Waals surface area contributed by atoms with Crippen LogP contribution in [0.3, 0.4) is 0 Å². The van der Waals surface area contributed by atoms with Crippen molar-refractivity contribution in [3.05, 3.63) is 20.3 Å². The highest BCUT2D eigenvalue weighted by Crippen LogP contribution is 2.36. The fourth-order valence-corrected chi connectivity index (χ4v) is 3.46. The van der Waals surface area contributed by atoms with Gasteiger partial charge in [0.05, 0.1) is 10.2 Å². The molecule has 0 saturated heterocycles. The fourth-order valence-electron chi connectivity index (χ4n) is 1.59. The van der Waals surface area contributed by atoms with Crippen molar-refractivity contribution < 1.29 is 9.90 Å². The number of thiophene rings is 1. The zero-order valence-corrected chi connectivity index (χ0v) is 10.8. The Morgan fingerprint density at radius 3 is 2.57 bits per heavy atom. The molecule has 0 aliphatic carbocycles. The Morgan fingerprint density at radius 1 is 1.64 bits per heavy atom. The highest BCUT2D eigenvalue weighted by Gasteiger charge is 2.27. The Bertz CT molecular complexity index is 355. The molecule has 0 bridgehead atoms. The Morgan fingerprint density at radius 2 is 2.21 bits per heavy atom. The number of hydrogen-bond acceptors (Lipinski definition) is 2. The van der Waals surface area contributed by atoms with Crippen molar-refractivity contribution in [2.45, 2.75) is 32.6 Å². The summed E-state index contributed by atoms with van der Waals surface area (Å²) in [5, 5.41) is 8.80. The van der Waals surface area contributed by atoms with Gasteiger partial charge in [-0.1, -0.05) is 13.8 Å². The second-order valence-corrected chi connectivity index (χ2v) is 6.61. The summed E-state index contributed by atoms with van der Waals surface area (Å²) in [7, 11) is 0. The first-order valence-corrected chi connectivity index (χ1v) is 5.92. The van der Waals surface area contributed by atoms with Crippen LogP contribution in [-0.4, -0.2) is 11.1 Å². The van der Waals surface area contributed by atoms with Gasteiger partial charge >= 0.3 is 5.97 Å². The molecule has 0 aliphatic rings. The molecular weight excluding hydrogens is 264 g/mol. The van der Waals surface area contributed by atoms with E-state index in [1.54, 1.807) is 11.3 Å². The standard InChI is InChI=1S/C10H13BrO2S/c1-6-7(4-8(11)14-6)10(2,3)5-9(12)13/h4H,5H2,1-3H3,(H,12,13). The average molecular weight is 277 g/mol. The van der Waals surface area contributed by atoms with Crippen LogP contribution in [0.15, 0.2) is 9.85 Å². The SMILES string of the molecule is Cc1sc(Br)cc1C(C)(C)CC(=O)O. The number of carboxylic acids is 1. The highest BCUT2D eigenvalue weighted by atomic mass is 79.9. The predicted octanol–water partition coefficient (Wildman–Crippen LogP) is 3.57. The van der Waals surface area contributed by atoms with Crippen LogP contribution in [0.5, 0.6) is 0 Å². The van der Waals surface area contributed by atoms with Crippen molar-refractivity contribution in [3.63, 3.8) is 0 Å². The zero-order chi connectivity index (χ0) is 10.9. The lowest BCUT2D eigenvalue weighted by molar-refractivity contribution is -0.138. The van der Waals surface area contributed by atoms with Crippen LogP contribution < -0.4 is 0 Å². The van der Waals surface area contributed by atoms with Gasteiger partial charge in [0.15, 0.2) is 0 Å². The summed E-state index contributed by atoms with van der Waals surface area (Å²) in [5.74, 6) is -0.753. The Hall–Kier alpha value is -0.350. The molecule has 14 heavy (non-hydrogen) atoms. The number of aliphatic carboxylic acids is 1. The van der Waals surface area contributed by atoms with Crippen molar-refractivity contribution in [3.8, 4) is 0 Å². The molecular formula is C10H13BrO2S. The summed E-state index contributed by atoms with van der Waals surface area (Å²) < 4.78 is 1.06. The van der Waals surface area contributed by atoms with Gasteiger partial charge in [-0.05, 0) is 34.5 Å². The van der Waals surface area contributed by atoms with Gasteiger partial charge in [0.1, 0.15) is 0 Å². The molecule has 0 spiro atoms. The number of carboxylic acid groups (broad SMARTS) is 1. The summed E-state index contributed by atoms with van der Waals surface area (Å²) in [6.45, 7) is 5.94. The summed E-state index contributed by atoms with van der Waals surface area (Å²) in [4.78, 5) is 11.9. The number of hydrogen-bond donors (Lipinski definition) is 1. The number of halogens is 1. The quantitative estimate of drug-likeness (QED) is 0.917. The fraction of sp³-hybridized carbons (Fsp3) is 0.500. The van der Waals surface area contributed by atoms with E-state index in [4.69, 9.17) is 5.11 Å². The lowest BCUT2D eigenvalue weighted by Crippen LogP contribution is -2.21. The van der Waals surface area contributed by atoms with Gasteiger partial charge in [0.2, 0.25) is 0 Å². The number of rotatable bonds is 3. The minimum Gasteiger partial charge on any atom is -0.481 e. The summed E-state index contributed by atoms with van der Waals surface area (Å²) in [5.41, 5.74) is 0.829. The number of carbonyl (C=O) groups is 1. The molecule has 2 nitrogen and oxygen atoms in total. The van der Waals surface area contributed by atoms with Gasteiger partial charge < -0.3 is 5.11 Å². The van der Waals surface area contributed by atoms with E-state index >= 15 is 0 Å². The van der Waals surface area contributed by atoms with E-state index in [9.17, 15) is 4.79 Å². The normalized spacial score (nSPS) is 11.7. The van der Waals surface area contributed by atoms with Crippen LogP contribution in [0.4, 0.5) is 0 Å². The van der Waals surface area contributed by atoms with Crippen LogP contribution in [0, 0.1) is 6.92 Å². The maximum absolute atomic E-state index is 10.7. The first kappa shape index (κ1) is 11.7. The predicted molar refractivity (Wildman–Crippen MR) is 62.0 cm³/mol. The van der Waals surface area contributed by atoms with Crippen LogP contribution >= 0.6 is 27.3 Å². The van der Waals surface area contributed by atoms with E-state index in [0.29, 0.717) is 0 Å². The molecule has 0 amide bonds. The molecule has 0 aliphatic heterocycles. The summed E-state index contributed by atoms with van der Waals surface area (Å²) in [6, 6.07) is 2.02. The van der Waals surface area contributed by atoms with E-state index in [1.165, 1.54) is 4.88 Å². The van der Waals surface area contributed by atoms with E-state index < -0.39 is 5.97 Å². The van der Waals surface area contributed by atoms with Crippen LogP contribution in [0.2, 0.25) is 0 Å². The van der Waals surface area contributed by atoms with E-state index in [0.717, 1.165) is 9.35 Å². The molecule has 1 aromatic rings. The van der Waals surface area contributed by atoms with E-state index in [2.05, 4.69) is 15.9 Å². The molecule has 0 atom stereocenters. The Kier molecular flexibility index (Phi) is 3.37. The van der Waals surface area contributed by atoms with Gasteiger partial charge in [0, 0.05) is 10.3 Å². The molecule has 1 heterocycles. The molecule has 1 rings (SSSR count). The lowest BCUT2D eigenvalue weighted by Gasteiger charge is -2.22. The van der Waals surface area contributed by atoms with Crippen molar-refractivity contribution in [1.29, 1.82) is 0 Å². The molecule has 0 radical (unpaired) electrons. The minimum atomic E-state index is -0.753. The van der Waals surface area contributed by atoms with Crippen molar-refractivity contribution in [2.75, 3.05) is 0 Å². The maximum atomic E-state index is 10.7. The second-order valence-electron chi connectivity index (χ2n) is 3.97. The Labute approximate surface area is 96.1 Å². The summed E-state index contributed by atoms with van der Waals surface area (Å²) in [6.07, 6.45) is 0.164. The van der Waals surface area contributed by atoms with Gasteiger partial charge in [0.25, 0.3) is 0 Å². The third-order valence-electron chi connectivity index (χ3n) is 2.21. The number of aryl methyl sites for hydroxylation is 1. The van der Waals surface area contributed by atoms with Crippen molar-refractivity contribution in [1.82, 2.24) is 0 Å². The molecule has 1 aromatic heterocycles. The minimum absolute atomic E-state index is 0.164. The molecule has 78 valence electrons. The van der Waals surface area contributed by atoms with Crippen LogP contribution in [-0.2, 0) is 10.2 Å². The molecule has 0 fully saturated rings. The topological polar surface area (TPSA) is 37.3 Å². The smallest absolute Gasteiger partial charge is 0.304 e. The zero-order valence-electron chi connectivity index (χ0n) is 8.43. The Balaban J connectivity index is 3.02. The van der Waals surface area contributed by atoms with Crippen molar-refractivity contribution >= 4 is 33.2 Å².